The van der Waals surface area contributed by atoms with Gasteiger partial charge in [0.25, 0.3) is 0 Å². The molecule has 1 aromatic carbocycles. The zero-order valence-electron chi connectivity index (χ0n) is 11.1. The molecule has 19 heavy (non-hydrogen) atoms. The third kappa shape index (κ3) is 3.53. The van der Waals surface area contributed by atoms with Crippen molar-refractivity contribution in [3.63, 3.8) is 0 Å². The SMILES string of the molecule is CCn1ccnc1C(CSc1ccccc1Cl)NC. The summed E-state index contributed by atoms with van der Waals surface area (Å²) in [5, 5.41) is 4.13. The molecule has 0 aliphatic heterocycles. The van der Waals surface area contributed by atoms with E-state index in [2.05, 4.69) is 21.8 Å². The van der Waals surface area contributed by atoms with Crippen LogP contribution in [0, 0.1) is 0 Å². The van der Waals surface area contributed by atoms with Gasteiger partial charge in [0.2, 0.25) is 0 Å². The first kappa shape index (κ1) is 14.4. The van der Waals surface area contributed by atoms with E-state index in [1.807, 2.05) is 43.7 Å². The van der Waals surface area contributed by atoms with Crippen molar-refractivity contribution in [3.8, 4) is 0 Å². The Morgan fingerprint density at radius 1 is 1.42 bits per heavy atom. The van der Waals surface area contributed by atoms with Crippen molar-refractivity contribution in [2.24, 2.45) is 0 Å². The van der Waals surface area contributed by atoms with Gasteiger partial charge in [-0.15, -0.1) is 11.8 Å². The maximum absolute atomic E-state index is 6.17. The van der Waals surface area contributed by atoms with E-state index < -0.39 is 0 Å². The van der Waals surface area contributed by atoms with Crippen LogP contribution in [0.2, 0.25) is 5.02 Å². The Labute approximate surface area is 123 Å². The van der Waals surface area contributed by atoms with Crippen LogP contribution >= 0.6 is 23.4 Å². The normalized spacial score (nSPS) is 12.6. The lowest BCUT2D eigenvalue weighted by Gasteiger charge is -2.17. The maximum Gasteiger partial charge on any atom is 0.126 e. The van der Waals surface area contributed by atoms with Crippen LogP contribution in [0.15, 0.2) is 41.6 Å². The molecule has 0 spiro atoms. The summed E-state index contributed by atoms with van der Waals surface area (Å²) in [7, 11) is 1.96. The molecular weight excluding hydrogens is 278 g/mol. The molecule has 0 fully saturated rings. The number of aryl methyl sites for hydroxylation is 1. The molecule has 5 heteroatoms. The highest BCUT2D eigenvalue weighted by atomic mass is 35.5. The predicted octanol–water partition coefficient (Wildman–Crippen LogP) is 3.61. The largest absolute Gasteiger partial charge is 0.334 e. The van der Waals surface area contributed by atoms with E-state index >= 15 is 0 Å². The van der Waals surface area contributed by atoms with E-state index in [9.17, 15) is 0 Å². The molecule has 102 valence electrons. The van der Waals surface area contributed by atoms with E-state index in [4.69, 9.17) is 11.6 Å². The highest BCUT2D eigenvalue weighted by molar-refractivity contribution is 7.99. The molecule has 2 rings (SSSR count). The lowest BCUT2D eigenvalue weighted by atomic mass is 10.3. The minimum Gasteiger partial charge on any atom is -0.334 e. The van der Waals surface area contributed by atoms with Gasteiger partial charge in [0.05, 0.1) is 11.1 Å². The fourth-order valence-corrected chi connectivity index (χ4v) is 3.26. The Morgan fingerprint density at radius 3 is 2.89 bits per heavy atom. The van der Waals surface area contributed by atoms with Crippen molar-refractivity contribution in [2.75, 3.05) is 12.8 Å². The van der Waals surface area contributed by atoms with E-state index in [0.717, 1.165) is 28.0 Å². The summed E-state index contributed by atoms with van der Waals surface area (Å²) >= 11 is 7.92. The van der Waals surface area contributed by atoms with Crippen LogP contribution in [-0.4, -0.2) is 22.4 Å². The number of aromatic nitrogens is 2. The quantitative estimate of drug-likeness (QED) is 0.826. The molecule has 2 aromatic rings. The summed E-state index contributed by atoms with van der Waals surface area (Å²) in [6.45, 7) is 3.06. The van der Waals surface area contributed by atoms with Gasteiger partial charge >= 0.3 is 0 Å². The molecule has 1 atom stereocenters. The van der Waals surface area contributed by atoms with Crippen LogP contribution in [0.4, 0.5) is 0 Å². The number of nitrogens with one attached hydrogen (secondary N) is 1. The van der Waals surface area contributed by atoms with Gasteiger partial charge in [0, 0.05) is 29.6 Å². The molecule has 0 saturated heterocycles. The van der Waals surface area contributed by atoms with Crippen molar-refractivity contribution in [1.29, 1.82) is 0 Å². The van der Waals surface area contributed by atoms with Crippen LogP contribution in [0.5, 0.6) is 0 Å². The molecule has 0 bridgehead atoms. The molecule has 0 radical (unpaired) electrons. The smallest absolute Gasteiger partial charge is 0.126 e. The van der Waals surface area contributed by atoms with Crippen LogP contribution in [0.25, 0.3) is 0 Å². The number of nitrogens with zero attached hydrogens (tertiary/aromatic N) is 2. The number of benzene rings is 1. The van der Waals surface area contributed by atoms with Crippen molar-refractivity contribution < 1.29 is 0 Å². The Morgan fingerprint density at radius 2 is 2.21 bits per heavy atom. The number of halogens is 1. The molecule has 0 aliphatic carbocycles. The first-order valence-electron chi connectivity index (χ1n) is 6.32. The van der Waals surface area contributed by atoms with Crippen molar-refractivity contribution in [1.82, 2.24) is 14.9 Å². The Hall–Kier alpha value is -0.970. The first-order chi connectivity index (χ1) is 9.26. The molecule has 1 N–H and O–H groups in total. The van der Waals surface area contributed by atoms with Crippen molar-refractivity contribution >= 4 is 23.4 Å². The Bertz CT molecular complexity index is 527. The molecule has 0 amide bonds. The predicted molar refractivity (Wildman–Crippen MR) is 81.9 cm³/mol. The lowest BCUT2D eigenvalue weighted by molar-refractivity contribution is 0.570. The summed E-state index contributed by atoms with van der Waals surface area (Å²) < 4.78 is 2.16. The van der Waals surface area contributed by atoms with Gasteiger partial charge in [-0.25, -0.2) is 4.98 Å². The summed E-state index contributed by atoms with van der Waals surface area (Å²) in [5.74, 6) is 1.97. The van der Waals surface area contributed by atoms with Crippen LogP contribution in [0.3, 0.4) is 0 Å². The highest BCUT2D eigenvalue weighted by Gasteiger charge is 2.15. The minimum absolute atomic E-state index is 0.219. The van der Waals surface area contributed by atoms with Crippen LogP contribution in [0.1, 0.15) is 18.8 Å². The van der Waals surface area contributed by atoms with E-state index in [1.54, 1.807) is 11.8 Å². The number of imidazole rings is 1. The van der Waals surface area contributed by atoms with Crippen molar-refractivity contribution in [3.05, 3.63) is 47.5 Å². The Kier molecular flexibility index (Phi) is 5.31. The fraction of sp³-hybridized carbons (Fsp3) is 0.357. The Balaban J connectivity index is 2.06. The maximum atomic E-state index is 6.17. The second kappa shape index (κ2) is 6.98. The van der Waals surface area contributed by atoms with Gasteiger partial charge in [0.15, 0.2) is 0 Å². The van der Waals surface area contributed by atoms with Gasteiger partial charge in [0.1, 0.15) is 5.82 Å². The van der Waals surface area contributed by atoms with Crippen molar-refractivity contribution in [2.45, 2.75) is 24.4 Å². The first-order valence-corrected chi connectivity index (χ1v) is 7.68. The number of hydrogen-bond donors (Lipinski definition) is 1. The molecule has 0 saturated carbocycles. The lowest BCUT2D eigenvalue weighted by Crippen LogP contribution is -2.22. The van der Waals surface area contributed by atoms with Gasteiger partial charge in [-0.3, -0.25) is 0 Å². The molecule has 1 unspecified atom stereocenters. The monoisotopic (exact) mass is 295 g/mol. The standard InChI is InChI=1S/C14H18ClN3S/c1-3-18-9-8-17-14(18)12(16-2)10-19-13-7-5-4-6-11(13)15/h4-9,12,16H,3,10H2,1-2H3. The summed E-state index contributed by atoms with van der Waals surface area (Å²) in [6, 6.07) is 8.15. The average molecular weight is 296 g/mol. The second-order valence-corrected chi connectivity index (χ2v) is 5.62. The van der Waals surface area contributed by atoms with Gasteiger partial charge in [-0.1, -0.05) is 23.7 Å². The fourth-order valence-electron chi connectivity index (χ4n) is 1.92. The van der Waals surface area contributed by atoms with Crippen LogP contribution in [-0.2, 0) is 6.54 Å². The van der Waals surface area contributed by atoms with Gasteiger partial charge in [-0.05, 0) is 26.1 Å². The molecule has 0 aliphatic rings. The second-order valence-electron chi connectivity index (χ2n) is 4.15. The zero-order valence-corrected chi connectivity index (χ0v) is 12.7. The van der Waals surface area contributed by atoms with E-state index in [-0.39, 0.29) is 6.04 Å². The summed E-state index contributed by atoms with van der Waals surface area (Å²) in [6.07, 6.45) is 3.86. The van der Waals surface area contributed by atoms with Gasteiger partial charge in [-0.2, -0.15) is 0 Å². The van der Waals surface area contributed by atoms with Gasteiger partial charge < -0.3 is 9.88 Å². The van der Waals surface area contributed by atoms with E-state index in [1.165, 1.54) is 0 Å². The average Bonchev–Trinajstić information content (AvgIpc) is 2.90. The topological polar surface area (TPSA) is 29.9 Å². The number of rotatable bonds is 6. The molecule has 1 heterocycles. The number of hydrogen-bond acceptors (Lipinski definition) is 3. The number of thioether (sulfide) groups is 1. The zero-order chi connectivity index (χ0) is 13.7. The van der Waals surface area contributed by atoms with E-state index in [0.29, 0.717) is 0 Å². The minimum atomic E-state index is 0.219. The molecule has 3 nitrogen and oxygen atoms in total. The molecular formula is C14H18ClN3S. The summed E-state index contributed by atoms with van der Waals surface area (Å²) in [4.78, 5) is 5.56. The summed E-state index contributed by atoms with van der Waals surface area (Å²) in [5.41, 5.74) is 0. The third-order valence-corrected chi connectivity index (χ3v) is 4.60. The highest BCUT2D eigenvalue weighted by Crippen LogP contribution is 2.29. The molecule has 1 aromatic heterocycles. The third-order valence-electron chi connectivity index (χ3n) is 2.99. The van der Waals surface area contributed by atoms with Crippen LogP contribution < -0.4 is 5.32 Å².